The van der Waals surface area contributed by atoms with E-state index < -0.39 is 0 Å². The number of fused-ring (bicyclic) bond motifs is 1. The summed E-state index contributed by atoms with van der Waals surface area (Å²) in [6.07, 6.45) is 1.54. The monoisotopic (exact) mass is 322 g/mol. The summed E-state index contributed by atoms with van der Waals surface area (Å²) in [6.45, 7) is 0.719. The third kappa shape index (κ3) is 2.87. The molecule has 1 aliphatic heterocycles. The van der Waals surface area contributed by atoms with Gasteiger partial charge in [0.2, 0.25) is 0 Å². The Morgan fingerprint density at radius 2 is 1.86 bits per heavy atom. The van der Waals surface area contributed by atoms with E-state index in [-0.39, 0.29) is 6.04 Å². The van der Waals surface area contributed by atoms with Crippen molar-refractivity contribution in [3.8, 4) is 5.75 Å². The Balaban J connectivity index is 1.95. The average molecular weight is 323 g/mol. The van der Waals surface area contributed by atoms with E-state index in [1.165, 1.54) is 5.56 Å². The summed E-state index contributed by atoms with van der Waals surface area (Å²) in [4.78, 5) is 0. The first-order chi connectivity index (χ1) is 10.2. The van der Waals surface area contributed by atoms with Crippen molar-refractivity contribution in [3.63, 3.8) is 0 Å². The van der Waals surface area contributed by atoms with Crippen molar-refractivity contribution in [2.75, 3.05) is 6.61 Å². The molecular weight excluding hydrogens is 307 g/mol. The Labute approximate surface area is 134 Å². The number of nitrogens with one attached hydrogen (secondary N) is 1. The van der Waals surface area contributed by atoms with Crippen LogP contribution in [0.2, 0.25) is 10.0 Å². The number of halogens is 2. The highest BCUT2D eigenvalue weighted by Crippen LogP contribution is 2.36. The molecule has 0 aromatic heterocycles. The highest BCUT2D eigenvalue weighted by Gasteiger charge is 2.23. The Morgan fingerprint density at radius 3 is 2.57 bits per heavy atom. The van der Waals surface area contributed by atoms with Crippen molar-refractivity contribution < 1.29 is 4.74 Å². The summed E-state index contributed by atoms with van der Waals surface area (Å²) in [5.74, 6) is 6.69. The van der Waals surface area contributed by atoms with Crippen LogP contribution in [0.1, 0.15) is 22.7 Å². The SMILES string of the molecule is NNC(Cc1c(Cl)cccc1Cl)c1cccc2c1OCC2. The second-order valence-corrected chi connectivity index (χ2v) is 5.87. The predicted octanol–water partition coefficient (Wildman–Crippen LogP) is 3.68. The van der Waals surface area contributed by atoms with Gasteiger partial charge in [-0.1, -0.05) is 47.5 Å². The number of hydrogen-bond acceptors (Lipinski definition) is 3. The van der Waals surface area contributed by atoms with Crippen molar-refractivity contribution in [2.24, 2.45) is 5.84 Å². The summed E-state index contributed by atoms with van der Waals surface area (Å²) in [5, 5.41) is 1.30. The first kappa shape index (κ1) is 14.7. The zero-order chi connectivity index (χ0) is 14.8. The Kier molecular flexibility index (Phi) is 4.36. The molecule has 3 N–H and O–H groups in total. The number of nitrogens with two attached hydrogens (primary N) is 1. The molecule has 2 aromatic carbocycles. The summed E-state index contributed by atoms with van der Waals surface area (Å²) in [5.41, 5.74) is 6.01. The van der Waals surface area contributed by atoms with Gasteiger partial charge in [-0.15, -0.1) is 0 Å². The fraction of sp³-hybridized carbons (Fsp3) is 0.250. The van der Waals surface area contributed by atoms with E-state index in [4.69, 9.17) is 33.8 Å². The maximum Gasteiger partial charge on any atom is 0.127 e. The minimum Gasteiger partial charge on any atom is -0.493 e. The molecular formula is C16H16Cl2N2O. The predicted molar refractivity (Wildman–Crippen MR) is 85.9 cm³/mol. The molecule has 3 nitrogen and oxygen atoms in total. The van der Waals surface area contributed by atoms with Crippen LogP contribution in [0.5, 0.6) is 5.75 Å². The number of rotatable bonds is 4. The van der Waals surface area contributed by atoms with Gasteiger partial charge in [0, 0.05) is 22.0 Å². The van der Waals surface area contributed by atoms with Crippen LogP contribution in [0.3, 0.4) is 0 Å². The van der Waals surface area contributed by atoms with Crippen molar-refractivity contribution in [2.45, 2.75) is 18.9 Å². The molecule has 1 aliphatic rings. The van der Waals surface area contributed by atoms with Crippen LogP contribution in [0, 0.1) is 0 Å². The number of para-hydroxylation sites is 1. The number of hydrazine groups is 1. The van der Waals surface area contributed by atoms with E-state index in [0.717, 1.165) is 29.9 Å². The Bertz CT molecular complexity index is 640. The zero-order valence-electron chi connectivity index (χ0n) is 11.4. The lowest BCUT2D eigenvalue weighted by molar-refractivity contribution is 0.348. The third-order valence-corrected chi connectivity index (χ3v) is 4.50. The van der Waals surface area contributed by atoms with Gasteiger partial charge >= 0.3 is 0 Å². The first-order valence-corrected chi connectivity index (χ1v) is 7.60. The maximum absolute atomic E-state index is 6.25. The topological polar surface area (TPSA) is 47.3 Å². The van der Waals surface area contributed by atoms with Crippen molar-refractivity contribution >= 4 is 23.2 Å². The largest absolute Gasteiger partial charge is 0.493 e. The van der Waals surface area contributed by atoms with Crippen LogP contribution < -0.4 is 16.0 Å². The van der Waals surface area contributed by atoms with Crippen LogP contribution in [0.25, 0.3) is 0 Å². The smallest absolute Gasteiger partial charge is 0.127 e. The van der Waals surface area contributed by atoms with E-state index in [1.54, 1.807) is 0 Å². The standard InChI is InChI=1S/C16H16Cl2N2O/c17-13-5-2-6-14(18)12(13)9-15(20-19)11-4-1-3-10-7-8-21-16(10)11/h1-6,15,20H,7-9,19H2. The lowest BCUT2D eigenvalue weighted by Gasteiger charge is -2.20. The summed E-state index contributed by atoms with van der Waals surface area (Å²) in [7, 11) is 0. The van der Waals surface area contributed by atoms with Crippen LogP contribution in [0.4, 0.5) is 0 Å². The molecule has 0 amide bonds. The van der Waals surface area contributed by atoms with Crippen LogP contribution in [0.15, 0.2) is 36.4 Å². The molecule has 21 heavy (non-hydrogen) atoms. The summed E-state index contributed by atoms with van der Waals surface area (Å²) in [6, 6.07) is 11.5. The van der Waals surface area contributed by atoms with Crippen LogP contribution in [-0.4, -0.2) is 6.61 Å². The van der Waals surface area contributed by atoms with Crippen molar-refractivity contribution in [1.82, 2.24) is 5.43 Å². The number of benzene rings is 2. The fourth-order valence-corrected chi connectivity index (χ4v) is 3.26. The molecule has 0 fully saturated rings. The van der Waals surface area contributed by atoms with Crippen LogP contribution in [-0.2, 0) is 12.8 Å². The van der Waals surface area contributed by atoms with Gasteiger partial charge in [0.25, 0.3) is 0 Å². The van der Waals surface area contributed by atoms with Gasteiger partial charge in [0.05, 0.1) is 12.6 Å². The van der Waals surface area contributed by atoms with Gasteiger partial charge in [-0.25, -0.2) is 0 Å². The van der Waals surface area contributed by atoms with Gasteiger partial charge in [-0.3, -0.25) is 11.3 Å². The highest BCUT2D eigenvalue weighted by molar-refractivity contribution is 6.36. The lowest BCUT2D eigenvalue weighted by atomic mass is 9.96. The third-order valence-electron chi connectivity index (χ3n) is 3.79. The molecule has 0 bridgehead atoms. The van der Waals surface area contributed by atoms with Crippen molar-refractivity contribution in [1.29, 1.82) is 0 Å². The van der Waals surface area contributed by atoms with Gasteiger partial charge in [0.1, 0.15) is 5.75 Å². The van der Waals surface area contributed by atoms with Crippen LogP contribution >= 0.6 is 23.2 Å². The van der Waals surface area contributed by atoms with Gasteiger partial charge in [-0.2, -0.15) is 0 Å². The highest BCUT2D eigenvalue weighted by atomic mass is 35.5. The molecule has 3 rings (SSSR count). The summed E-state index contributed by atoms with van der Waals surface area (Å²) >= 11 is 12.5. The molecule has 0 saturated heterocycles. The fourth-order valence-electron chi connectivity index (χ4n) is 2.71. The van der Waals surface area contributed by atoms with Gasteiger partial charge < -0.3 is 4.74 Å². The number of hydrogen-bond donors (Lipinski definition) is 2. The second kappa shape index (κ2) is 6.24. The maximum atomic E-state index is 6.25. The number of ether oxygens (including phenoxy) is 1. The lowest BCUT2D eigenvalue weighted by Crippen LogP contribution is -2.30. The second-order valence-electron chi connectivity index (χ2n) is 5.06. The molecule has 1 heterocycles. The molecule has 1 atom stereocenters. The minimum absolute atomic E-state index is 0.101. The first-order valence-electron chi connectivity index (χ1n) is 6.84. The van der Waals surface area contributed by atoms with E-state index >= 15 is 0 Å². The molecule has 110 valence electrons. The quantitative estimate of drug-likeness (QED) is 0.666. The molecule has 2 aromatic rings. The Hall–Kier alpha value is -1.26. The molecule has 0 radical (unpaired) electrons. The van der Waals surface area contributed by atoms with Gasteiger partial charge in [-0.05, 0) is 29.7 Å². The molecule has 0 saturated carbocycles. The summed E-state index contributed by atoms with van der Waals surface area (Å²) < 4.78 is 5.75. The van der Waals surface area contributed by atoms with E-state index in [0.29, 0.717) is 16.5 Å². The molecule has 0 spiro atoms. The van der Waals surface area contributed by atoms with Crippen molar-refractivity contribution in [3.05, 3.63) is 63.1 Å². The van der Waals surface area contributed by atoms with E-state index in [1.807, 2.05) is 30.3 Å². The van der Waals surface area contributed by atoms with Gasteiger partial charge in [0.15, 0.2) is 0 Å². The molecule has 0 aliphatic carbocycles. The van der Waals surface area contributed by atoms with E-state index in [9.17, 15) is 0 Å². The average Bonchev–Trinajstić information content (AvgIpc) is 2.96. The minimum atomic E-state index is -0.101. The molecule has 5 heteroatoms. The Morgan fingerprint density at radius 1 is 1.14 bits per heavy atom. The normalized spacial score (nSPS) is 14.6. The zero-order valence-corrected chi connectivity index (χ0v) is 12.9. The van der Waals surface area contributed by atoms with E-state index in [2.05, 4.69) is 11.5 Å². The molecule has 1 unspecified atom stereocenters.